The lowest BCUT2D eigenvalue weighted by molar-refractivity contribution is 0.491. The Hall–Kier alpha value is -2.22. The van der Waals surface area contributed by atoms with E-state index < -0.39 is 0 Å². The lowest BCUT2D eigenvalue weighted by Gasteiger charge is -2.34. The number of rotatable bonds is 2. The van der Waals surface area contributed by atoms with Gasteiger partial charge in [0.25, 0.3) is 0 Å². The van der Waals surface area contributed by atoms with Gasteiger partial charge in [0.1, 0.15) is 12.1 Å². The zero-order valence-corrected chi connectivity index (χ0v) is 12.4. The molecule has 21 heavy (non-hydrogen) atoms. The Balaban J connectivity index is 1.53. The van der Waals surface area contributed by atoms with Gasteiger partial charge < -0.3 is 14.2 Å². The molecule has 1 aliphatic rings. The lowest BCUT2D eigenvalue weighted by Crippen LogP contribution is -2.47. The highest BCUT2D eigenvalue weighted by atomic mass is 32.1. The molecule has 0 bridgehead atoms. The van der Waals surface area contributed by atoms with Crippen LogP contribution in [0.15, 0.2) is 22.2 Å². The molecule has 0 aromatic carbocycles. The van der Waals surface area contributed by atoms with Gasteiger partial charge in [-0.15, -0.1) is 16.4 Å². The summed E-state index contributed by atoms with van der Waals surface area (Å²) in [6.07, 6.45) is 1.64. The van der Waals surface area contributed by atoms with Crippen LogP contribution in [0.1, 0.15) is 5.89 Å². The van der Waals surface area contributed by atoms with E-state index in [-0.39, 0.29) is 0 Å². The average molecular weight is 302 g/mol. The molecule has 1 saturated heterocycles. The van der Waals surface area contributed by atoms with E-state index >= 15 is 0 Å². The van der Waals surface area contributed by atoms with Crippen LogP contribution in [-0.2, 0) is 0 Å². The zero-order chi connectivity index (χ0) is 14.2. The van der Waals surface area contributed by atoms with Crippen molar-refractivity contribution < 1.29 is 4.42 Å². The van der Waals surface area contributed by atoms with E-state index in [9.17, 15) is 0 Å². The molecule has 4 rings (SSSR count). The van der Waals surface area contributed by atoms with Crippen molar-refractivity contribution in [2.45, 2.75) is 6.92 Å². The fourth-order valence-corrected chi connectivity index (χ4v) is 3.39. The maximum atomic E-state index is 5.48. The molecule has 0 amide bonds. The van der Waals surface area contributed by atoms with Crippen molar-refractivity contribution in [1.29, 1.82) is 0 Å². The third-order valence-corrected chi connectivity index (χ3v) is 4.49. The first kappa shape index (κ1) is 12.5. The van der Waals surface area contributed by atoms with E-state index in [2.05, 4.69) is 35.3 Å². The van der Waals surface area contributed by atoms with Gasteiger partial charge in [-0.3, -0.25) is 0 Å². The topological polar surface area (TPSA) is 71.2 Å². The quantitative estimate of drug-likeness (QED) is 0.713. The summed E-state index contributed by atoms with van der Waals surface area (Å²) >= 11 is 1.69. The average Bonchev–Trinajstić information content (AvgIpc) is 3.15. The first-order valence-electron chi connectivity index (χ1n) is 6.79. The predicted octanol–water partition coefficient (Wildman–Crippen LogP) is 1.71. The highest BCUT2D eigenvalue weighted by Crippen LogP contribution is 2.28. The second-order valence-electron chi connectivity index (χ2n) is 4.91. The van der Waals surface area contributed by atoms with Crippen molar-refractivity contribution in [2.75, 3.05) is 36.0 Å². The molecule has 0 N–H and O–H groups in total. The minimum atomic E-state index is 0.600. The monoisotopic (exact) mass is 302 g/mol. The summed E-state index contributed by atoms with van der Waals surface area (Å²) in [6.45, 7) is 5.26. The summed E-state index contributed by atoms with van der Waals surface area (Å²) in [4.78, 5) is 13.2. The fraction of sp³-hybridized carbons (Fsp3) is 0.385. The van der Waals surface area contributed by atoms with Crippen LogP contribution < -0.4 is 9.80 Å². The molecule has 7 nitrogen and oxygen atoms in total. The molecular formula is C13H14N6OS. The van der Waals surface area contributed by atoms with Gasteiger partial charge in [0, 0.05) is 33.1 Å². The highest BCUT2D eigenvalue weighted by molar-refractivity contribution is 7.17. The standard InChI is InChI=1S/C13H14N6OS/c1-9-16-17-13(20-9)19-5-3-18(4-6-19)12-11-10(2-7-21-11)14-8-15-12/h2,7-8H,3-6H2,1H3. The fourth-order valence-electron chi connectivity index (χ4n) is 2.52. The first-order valence-corrected chi connectivity index (χ1v) is 7.67. The SMILES string of the molecule is Cc1nnc(N2CCN(c3ncnc4ccsc34)CC2)o1. The molecule has 1 aliphatic heterocycles. The third kappa shape index (κ3) is 2.21. The first-order chi connectivity index (χ1) is 10.3. The summed E-state index contributed by atoms with van der Waals surface area (Å²) in [5.41, 5.74) is 1.01. The smallest absolute Gasteiger partial charge is 0.318 e. The van der Waals surface area contributed by atoms with Gasteiger partial charge in [0.05, 0.1) is 10.2 Å². The van der Waals surface area contributed by atoms with Crippen molar-refractivity contribution in [3.63, 3.8) is 0 Å². The van der Waals surface area contributed by atoms with Crippen LogP contribution in [0.5, 0.6) is 0 Å². The van der Waals surface area contributed by atoms with Crippen LogP contribution in [0.3, 0.4) is 0 Å². The van der Waals surface area contributed by atoms with Crippen LogP contribution >= 0.6 is 11.3 Å². The van der Waals surface area contributed by atoms with E-state index in [0.717, 1.165) is 42.2 Å². The van der Waals surface area contributed by atoms with Gasteiger partial charge in [-0.05, 0) is 11.4 Å². The Morgan fingerprint density at radius 1 is 1.10 bits per heavy atom. The number of hydrogen-bond donors (Lipinski definition) is 0. The van der Waals surface area contributed by atoms with Gasteiger partial charge in [0.15, 0.2) is 0 Å². The maximum Gasteiger partial charge on any atom is 0.318 e. The minimum Gasteiger partial charge on any atom is -0.408 e. The predicted molar refractivity (Wildman–Crippen MR) is 80.9 cm³/mol. The van der Waals surface area contributed by atoms with Gasteiger partial charge >= 0.3 is 6.01 Å². The zero-order valence-electron chi connectivity index (χ0n) is 11.6. The third-order valence-electron chi connectivity index (χ3n) is 3.59. The molecule has 0 saturated carbocycles. The molecule has 108 valence electrons. The largest absolute Gasteiger partial charge is 0.408 e. The summed E-state index contributed by atoms with van der Waals surface area (Å²) in [5, 5.41) is 10.0. The van der Waals surface area contributed by atoms with Gasteiger partial charge in [-0.25, -0.2) is 9.97 Å². The molecular weight excluding hydrogens is 288 g/mol. The van der Waals surface area contributed by atoms with Crippen LogP contribution in [0.4, 0.5) is 11.8 Å². The van der Waals surface area contributed by atoms with Crippen LogP contribution in [0, 0.1) is 6.92 Å². The normalized spacial score (nSPS) is 15.9. The molecule has 3 aromatic rings. The molecule has 0 aliphatic carbocycles. The number of thiophene rings is 1. The van der Waals surface area contributed by atoms with Gasteiger partial charge in [0.2, 0.25) is 5.89 Å². The van der Waals surface area contributed by atoms with E-state index in [1.54, 1.807) is 24.6 Å². The Morgan fingerprint density at radius 2 is 1.90 bits per heavy atom. The van der Waals surface area contributed by atoms with Crippen LogP contribution in [-0.4, -0.2) is 46.3 Å². The molecule has 0 radical (unpaired) electrons. The lowest BCUT2D eigenvalue weighted by atomic mass is 10.3. The van der Waals surface area contributed by atoms with Crippen LogP contribution in [0.25, 0.3) is 10.2 Å². The number of piperazine rings is 1. The van der Waals surface area contributed by atoms with Gasteiger partial charge in [-0.1, -0.05) is 5.10 Å². The Morgan fingerprint density at radius 3 is 2.67 bits per heavy atom. The van der Waals surface area contributed by atoms with Crippen molar-refractivity contribution in [1.82, 2.24) is 20.2 Å². The van der Waals surface area contributed by atoms with Crippen molar-refractivity contribution in [3.8, 4) is 0 Å². The summed E-state index contributed by atoms with van der Waals surface area (Å²) in [6, 6.07) is 2.64. The number of hydrogen-bond acceptors (Lipinski definition) is 8. The number of nitrogens with zero attached hydrogens (tertiary/aromatic N) is 6. The van der Waals surface area contributed by atoms with Crippen molar-refractivity contribution >= 4 is 33.4 Å². The summed E-state index contributed by atoms with van der Waals surface area (Å²) < 4.78 is 6.64. The van der Waals surface area contributed by atoms with E-state index in [1.807, 2.05) is 6.07 Å². The highest BCUT2D eigenvalue weighted by Gasteiger charge is 2.23. The van der Waals surface area contributed by atoms with E-state index in [1.165, 1.54) is 0 Å². The summed E-state index contributed by atoms with van der Waals surface area (Å²) in [5.74, 6) is 1.62. The number of anilines is 2. The van der Waals surface area contributed by atoms with Crippen LogP contribution in [0.2, 0.25) is 0 Å². The Bertz CT molecular complexity index is 761. The van der Waals surface area contributed by atoms with E-state index in [0.29, 0.717) is 11.9 Å². The summed E-state index contributed by atoms with van der Waals surface area (Å²) in [7, 11) is 0. The molecule has 0 atom stereocenters. The van der Waals surface area contributed by atoms with Crippen molar-refractivity contribution in [2.24, 2.45) is 0 Å². The molecule has 8 heteroatoms. The second-order valence-corrected chi connectivity index (χ2v) is 5.83. The van der Waals surface area contributed by atoms with E-state index in [4.69, 9.17) is 4.42 Å². The Labute approximate surface area is 125 Å². The molecule has 0 spiro atoms. The molecule has 0 unspecified atom stereocenters. The molecule has 4 heterocycles. The second kappa shape index (κ2) is 4.96. The number of aromatic nitrogens is 4. The molecule has 3 aromatic heterocycles. The maximum absolute atomic E-state index is 5.48. The molecule has 1 fully saturated rings. The number of aryl methyl sites for hydroxylation is 1. The van der Waals surface area contributed by atoms with Gasteiger partial charge in [-0.2, -0.15) is 0 Å². The van der Waals surface area contributed by atoms with Crippen molar-refractivity contribution in [3.05, 3.63) is 23.7 Å². The minimum absolute atomic E-state index is 0.600. The number of fused-ring (bicyclic) bond motifs is 1. The Kier molecular flexibility index (Phi) is 2.95.